The van der Waals surface area contributed by atoms with Gasteiger partial charge in [0, 0.05) is 10.7 Å². The highest BCUT2D eigenvalue weighted by atomic mass is 79.9. The average molecular weight is 305 g/mol. The van der Waals surface area contributed by atoms with Crippen LogP contribution in [0.5, 0.6) is 0 Å². The Morgan fingerprint density at radius 2 is 1.94 bits per heavy atom. The summed E-state index contributed by atoms with van der Waals surface area (Å²) in [6.45, 7) is 2.13. The fourth-order valence-electron chi connectivity index (χ4n) is 2.05. The zero-order chi connectivity index (χ0) is 13.0. The molecule has 94 valence electrons. The number of hydrogen-bond acceptors (Lipinski definition) is 2. The largest absolute Gasteiger partial charge is 0.322 e. The van der Waals surface area contributed by atoms with Crippen LogP contribution < -0.4 is 5.73 Å². The van der Waals surface area contributed by atoms with Gasteiger partial charge in [0.1, 0.15) is 0 Å². The molecule has 1 heterocycles. The Balaban J connectivity index is 2.16. The van der Waals surface area contributed by atoms with E-state index in [0.29, 0.717) is 0 Å². The van der Waals surface area contributed by atoms with E-state index in [0.717, 1.165) is 23.0 Å². The first kappa shape index (κ1) is 13.2. The number of halogens is 1. The van der Waals surface area contributed by atoms with Gasteiger partial charge in [-0.3, -0.25) is 4.98 Å². The van der Waals surface area contributed by atoms with Crippen LogP contribution in [-0.2, 0) is 12.8 Å². The number of aromatic nitrogens is 1. The lowest BCUT2D eigenvalue weighted by molar-refractivity contribution is 0.685. The van der Waals surface area contributed by atoms with Crippen molar-refractivity contribution in [2.45, 2.75) is 25.8 Å². The van der Waals surface area contributed by atoms with Crippen LogP contribution in [0.4, 0.5) is 0 Å². The van der Waals surface area contributed by atoms with E-state index in [9.17, 15) is 0 Å². The Kier molecular flexibility index (Phi) is 4.50. The number of pyridine rings is 1. The Morgan fingerprint density at radius 3 is 2.61 bits per heavy atom. The van der Waals surface area contributed by atoms with Crippen molar-refractivity contribution in [3.63, 3.8) is 0 Å². The molecule has 0 aliphatic carbocycles. The van der Waals surface area contributed by atoms with E-state index in [1.807, 2.05) is 24.4 Å². The summed E-state index contributed by atoms with van der Waals surface area (Å²) in [7, 11) is 0. The molecule has 1 unspecified atom stereocenters. The molecule has 0 fully saturated rings. The summed E-state index contributed by atoms with van der Waals surface area (Å²) >= 11 is 3.44. The predicted octanol–water partition coefficient (Wildman–Crippen LogP) is 3.65. The maximum absolute atomic E-state index is 6.27. The van der Waals surface area contributed by atoms with E-state index in [1.54, 1.807) is 0 Å². The minimum absolute atomic E-state index is 0.0395. The van der Waals surface area contributed by atoms with E-state index in [1.165, 1.54) is 11.1 Å². The van der Waals surface area contributed by atoms with Crippen LogP contribution in [-0.4, -0.2) is 4.98 Å². The quantitative estimate of drug-likeness (QED) is 0.936. The fourth-order valence-corrected chi connectivity index (χ4v) is 2.32. The third-order valence-corrected chi connectivity index (χ3v) is 3.56. The van der Waals surface area contributed by atoms with Crippen molar-refractivity contribution < 1.29 is 0 Å². The molecule has 1 atom stereocenters. The molecule has 1 aromatic carbocycles. The molecule has 0 saturated carbocycles. The number of nitrogens with two attached hydrogens (primary N) is 1. The van der Waals surface area contributed by atoms with Crippen LogP contribution in [0.3, 0.4) is 0 Å². The third-order valence-electron chi connectivity index (χ3n) is 3.03. The van der Waals surface area contributed by atoms with Crippen LogP contribution >= 0.6 is 15.9 Å². The molecular formula is C15H17BrN2. The topological polar surface area (TPSA) is 38.9 Å². The molecular weight excluding hydrogens is 288 g/mol. The Hall–Kier alpha value is -1.19. The number of nitrogens with zero attached hydrogens (tertiary/aromatic N) is 1. The Morgan fingerprint density at radius 1 is 1.22 bits per heavy atom. The van der Waals surface area contributed by atoms with E-state index >= 15 is 0 Å². The van der Waals surface area contributed by atoms with Gasteiger partial charge in [0.15, 0.2) is 0 Å². The van der Waals surface area contributed by atoms with Crippen LogP contribution in [0.1, 0.15) is 29.8 Å². The van der Waals surface area contributed by atoms with Crippen molar-refractivity contribution in [1.82, 2.24) is 4.98 Å². The summed E-state index contributed by atoms with van der Waals surface area (Å²) in [5, 5.41) is 0. The lowest BCUT2D eigenvalue weighted by Crippen LogP contribution is -2.16. The normalized spacial score (nSPS) is 12.4. The minimum atomic E-state index is -0.0395. The van der Waals surface area contributed by atoms with Gasteiger partial charge in [0.05, 0.1) is 11.7 Å². The summed E-state index contributed by atoms with van der Waals surface area (Å²) in [5.74, 6) is 0. The summed E-state index contributed by atoms with van der Waals surface area (Å²) in [6, 6.07) is 12.3. The van der Waals surface area contributed by atoms with Gasteiger partial charge in [-0.25, -0.2) is 0 Å². The average Bonchev–Trinajstić information content (AvgIpc) is 2.41. The van der Waals surface area contributed by atoms with Gasteiger partial charge in [-0.2, -0.15) is 0 Å². The lowest BCUT2D eigenvalue weighted by Gasteiger charge is -2.14. The zero-order valence-corrected chi connectivity index (χ0v) is 12.0. The molecule has 0 spiro atoms. The standard InChI is InChI=1S/C15H17BrN2/c1-2-12-4-3-9-18-15(12)14(17)10-11-5-7-13(16)8-6-11/h3-9,14H,2,10,17H2,1H3. The fraction of sp³-hybridized carbons (Fsp3) is 0.267. The lowest BCUT2D eigenvalue weighted by atomic mass is 9.99. The summed E-state index contributed by atoms with van der Waals surface area (Å²) < 4.78 is 1.09. The van der Waals surface area contributed by atoms with Crippen LogP contribution in [0, 0.1) is 0 Å². The third kappa shape index (κ3) is 3.18. The molecule has 18 heavy (non-hydrogen) atoms. The Bertz CT molecular complexity index is 508. The van der Waals surface area contributed by atoms with Gasteiger partial charge in [-0.05, 0) is 42.2 Å². The molecule has 0 bridgehead atoms. The second kappa shape index (κ2) is 6.12. The smallest absolute Gasteiger partial charge is 0.0606 e. The first-order valence-electron chi connectivity index (χ1n) is 6.14. The summed E-state index contributed by atoms with van der Waals surface area (Å²) in [5.41, 5.74) is 9.76. The maximum Gasteiger partial charge on any atom is 0.0606 e. The summed E-state index contributed by atoms with van der Waals surface area (Å²) in [4.78, 5) is 4.43. The molecule has 0 amide bonds. The molecule has 0 saturated heterocycles. The van der Waals surface area contributed by atoms with Crippen molar-refractivity contribution in [3.8, 4) is 0 Å². The summed E-state index contributed by atoms with van der Waals surface area (Å²) in [6.07, 6.45) is 3.60. The molecule has 0 radical (unpaired) electrons. The van der Waals surface area contributed by atoms with Gasteiger partial charge < -0.3 is 5.73 Å². The van der Waals surface area contributed by atoms with Crippen molar-refractivity contribution >= 4 is 15.9 Å². The molecule has 0 aliphatic heterocycles. The zero-order valence-electron chi connectivity index (χ0n) is 10.4. The predicted molar refractivity (Wildman–Crippen MR) is 78.4 cm³/mol. The monoisotopic (exact) mass is 304 g/mol. The first-order chi connectivity index (χ1) is 8.70. The second-order valence-electron chi connectivity index (χ2n) is 4.34. The van der Waals surface area contributed by atoms with Crippen LogP contribution in [0.25, 0.3) is 0 Å². The maximum atomic E-state index is 6.27. The van der Waals surface area contributed by atoms with E-state index in [-0.39, 0.29) is 6.04 Å². The van der Waals surface area contributed by atoms with Gasteiger partial charge in [0.2, 0.25) is 0 Å². The highest BCUT2D eigenvalue weighted by molar-refractivity contribution is 9.10. The second-order valence-corrected chi connectivity index (χ2v) is 5.25. The number of aryl methyl sites for hydroxylation is 1. The first-order valence-corrected chi connectivity index (χ1v) is 6.93. The number of hydrogen-bond donors (Lipinski definition) is 1. The van der Waals surface area contributed by atoms with Crippen LogP contribution in [0.15, 0.2) is 47.1 Å². The molecule has 2 N–H and O–H groups in total. The molecule has 2 rings (SSSR count). The number of rotatable bonds is 4. The highest BCUT2D eigenvalue weighted by Gasteiger charge is 2.12. The van der Waals surface area contributed by atoms with Gasteiger partial charge in [0.25, 0.3) is 0 Å². The number of benzene rings is 1. The Labute approximate surface area is 116 Å². The molecule has 0 aliphatic rings. The molecule has 2 nitrogen and oxygen atoms in total. The van der Waals surface area contributed by atoms with Crippen molar-refractivity contribution in [2.75, 3.05) is 0 Å². The van der Waals surface area contributed by atoms with Crippen molar-refractivity contribution in [3.05, 3.63) is 63.9 Å². The molecule has 3 heteroatoms. The van der Waals surface area contributed by atoms with Crippen molar-refractivity contribution in [2.24, 2.45) is 5.73 Å². The van der Waals surface area contributed by atoms with E-state index in [4.69, 9.17) is 5.73 Å². The SMILES string of the molecule is CCc1cccnc1C(N)Cc1ccc(Br)cc1. The molecule has 1 aromatic heterocycles. The highest BCUT2D eigenvalue weighted by Crippen LogP contribution is 2.19. The molecule has 2 aromatic rings. The van der Waals surface area contributed by atoms with Crippen molar-refractivity contribution in [1.29, 1.82) is 0 Å². The van der Waals surface area contributed by atoms with Crippen LogP contribution in [0.2, 0.25) is 0 Å². The van der Waals surface area contributed by atoms with Gasteiger partial charge >= 0.3 is 0 Å². The van der Waals surface area contributed by atoms with E-state index in [2.05, 4.69) is 46.0 Å². The minimum Gasteiger partial charge on any atom is -0.322 e. The van der Waals surface area contributed by atoms with E-state index < -0.39 is 0 Å². The van der Waals surface area contributed by atoms with Gasteiger partial charge in [-0.15, -0.1) is 0 Å². The van der Waals surface area contributed by atoms with Gasteiger partial charge in [-0.1, -0.05) is 41.1 Å².